The number of carbonyl (C=O) groups excluding carboxylic acids is 2. The molecule has 114 valence electrons. The van der Waals surface area contributed by atoms with E-state index in [1.165, 1.54) is 4.90 Å². The van der Waals surface area contributed by atoms with Crippen LogP contribution in [0.2, 0.25) is 0 Å². The normalized spacial score (nSPS) is 16.9. The molecule has 0 radical (unpaired) electrons. The molecular formula is C15H20N2O4. The lowest BCUT2D eigenvalue weighted by atomic mass is 10.1. The van der Waals surface area contributed by atoms with E-state index in [4.69, 9.17) is 15.2 Å². The van der Waals surface area contributed by atoms with Gasteiger partial charge in [0.1, 0.15) is 18.0 Å². The van der Waals surface area contributed by atoms with Crippen molar-refractivity contribution in [2.75, 3.05) is 13.7 Å². The first-order valence-corrected chi connectivity index (χ1v) is 6.71. The lowest BCUT2D eigenvalue weighted by Crippen LogP contribution is -2.37. The van der Waals surface area contributed by atoms with Gasteiger partial charge in [-0.1, -0.05) is 6.07 Å². The smallest absolute Gasteiger partial charge is 0.410 e. The summed E-state index contributed by atoms with van der Waals surface area (Å²) in [5.74, 6) is 0.0667. The third-order valence-corrected chi connectivity index (χ3v) is 3.20. The Morgan fingerprint density at radius 2 is 2.05 bits per heavy atom. The molecule has 1 heterocycles. The van der Waals surface area contributed by atoms with Crippen molar-refractivity contribution in [3.05, 3.63) is 29.3 Å². The zero-order valence-electron chi connectivity index (χ0n) is 12.7. The van der Waals surface area contributed by atoms with E-state index >= 15 is 0 Å². The summed E-state index contributed by atoms with van der Waals surface area (Å²) in [4.78, 5) is 24.8. The number of likely N-dealkylation sites (N-methyl/N-ethyl adjacent to an activating group) is 1. The Kier molecular flexibility index (Phi) is 3.80. The standard InChI is InChI=1S/C15H20N2O4/c1-15(2,3)21-14(19)17(4)11-8-20-12-7-9(13(16)18)5-6-10(11)12/h5-7,11H,8H2,1-4H3,(H2,16,18)/t11-/m1/s1. The molecule has 1 aromatic rings. The van der Waals surface area contributed by atoms with Gasteiger partial charge in [-0.15, -0.1) is 0 Å². The van der Waals surface area contributed by atoms with Crippen LogP contribution in [-0.4, -0.2) is 36.2 Å². The number of rotatable bonds is 2. The van der Waals surface area contributed by atoms with E-state index in [-0.39, 0.29) is 6.04 Å². The van der Waals surface area contributed by atoms with Crippen molar-refractivity contribution < 1.29 is 19.1 Å². The molecule has 1 aliphatic heterocycles. The fourth-order valence-electron chi connectivity index (χ4n) is 2.13. The first kappa shape index (κ1) is 15.2. The minimum absolute atomic E-state index is 0.239. The lowest BCUT2D eigenvalue weighted by molar-refractivity contribution is 0.0201. The van der Waals surface area contributed by atoms with Crippen molar-refractivity contribution in [2.45, 2.75) is 32.4 Å². The Morgan fingerprint density at radius 3 is 2.62 bits per heavy atom. The minimum atomic E-state index is -0.552. The van der Waals surface area contributed by atoms with Crippen molar-refractivity contribution >= 4 is 12.0 Å². The van der Waals surface area contributed by atoms with Gasteiger partial charge in [0, 0.05) is 18.2 Å². The van der Waals surface area contributed by atoms with Gasteiger partial charge in [0.05, 0.1) is 6.04 Å². The molecule has 2 rings (SSSR count). The lowest BCUT2D eigenvalue weighted by Gasteiger charge is -2.28. The van der Waals surface area contributed by atoms with Crippen LogP contribution in [0.25, 0.3) is 0 Å². The Morgan fingerprint density at radius 1 is 1.38 bits per heavy atom. The SMILES string of the molecule is CN(C(=O)OC(C)(C)C)[C@@H]1COc2cc(C(N)=O)ccc21. The molecule has 0 unspecified atom stereocenters. The van der Waals surface area contributed by atoms with E-state index < -0.39 is 17.6 Å². The van der Waals surface area contributed by atoms with Crippen molar-refractivity contribution in [1.82, 2.24) is 4.90 Å². The maximum absolute atomic E-state index is 12.1. The van der Waals surface area contributed by atoms with Gasteiger partial charge in [-0.3, -0.25) is 4.79 Å². The fourth-order valence-corrected chi connectivity index (χ4v) is 2.13. The second kappa shape index (κ2) is 5.27. The van der Waals surface area contributed by atoms with Crippen LogP contribution in [0.4, 0.5) is 4.79 Å². The summed E-state index contributed by atoms with van der Waals surface area (Å²) >= 11 is 0. The highest BCUT2D eigenvalue weighted by molar-refractivity contribution is 5.93. The van der Waals surface area contributed by atoms with E-state index in [1.54, 1.807) is 25.2 Å². The molecule has 6 nitrogen and oxygen atoms in total. The number of nitrogens with zero attached hydrogens (tertiary/aromatic N) is 1. The molecule has 0 aliphatic carbocycles. The highest BCUT2D eigenvalue weighted by atomic mass is 16.6. The summed E-state index contributed by atoms with van der Waals surface area (Å²) in [6.45, 7) is 5.78. The second-order valence-electron chi connectivity index (χ2n) is 6.03. The molecule has 1 atom stereocenters. The zero-order chi connectivity index (χ0) is 15.8. The Bertz CT molecular complexity index is 578. The highest BCUT2D eigenvalue weighted by Gasteiger charge is 2.33. The molecule has 1 aliphatic rings. The van der Waals surface area contributed by atoms with Gasteiger partial charge in [-0.25, -0.2) is 4.79 Å². The van der Waals surface area contributed by atoms with Crippen LogP contribution in [0, 0.1) is 0 Å². The molecule has 2 N–H and O–H groups in total. The predicted molar refractivity (Wildman–Crippen MR) is 77.2 cm³/mol. The average molecular weight is 292 g/mol. The van der Waals surface area contributed by atoms with Crippen LogP contribution in [0.15, 0.2) is 18.2 Å². The fraction of sp³-hybridized carbons (Fsp3) is 0.467. The molecule has 0 saturated carbocycles. The number of nitrogens with two attached hydrogens (primary N) is 1. The van der Waals surface area contributed by atoms with Crippen LogP contribution in [0.1, 0.15) is 42.7 Å². The van der Waals surface area contributed by atoms with Gasteiger partial charge in [-0.2, -0.15) is 0 Å². The Hall–Kier alpha value is -2.24. The number of hydrogen-bond donors (Lipinski definition) is 1. The minimum Gasteiger partial charge on any atom is -0.491 e. The van der Waals surface area contributed by atoms with Crippen molar-refractivity contribution in [3.63, 3.8) is 0 Å². The number of ether oxygens (including phenoxy) is 2. The molecule has 1 aromatic carbocycles. The molecule has 0 spiro atoms. The van der Waals surface area contributed by atoms with Gasteiger partial charge in [-0.05, 0) is 32.9 Å². The van der Waals surface area contributed by atoms with Crippen LogP contribution < -0.4 is 10.5 Å². The maximum Gasteiger partial charge on any atom is 0.410 e. The van der Waals surface area contributed by atoms with E-state index in [2.05, 4.69) is 0 Å². The van der Waals surface area contributed by atoms with Crippen molar-refractivity contribution in [1.29, 1.82) is 0 Å². The summed E-state index contributed by atoms with van der Waals surface area (Å²) in [5, 5.41) is 0. The highest BCUT2D eigenvalue weighted by Crippen LogP contribution is 2.36. The predicted octanol–water partition coefficient (Wildman–Crippen LogP) is 2.09. The van der Waals surface area contributed by atoms with E-state index in [9.17, 15) is 9.59 Å². The van der Waals surface area contributed by atoms with Gasteiger partial charge in [0.15, 0.2) is 0 Å². The summed E-state index contributed by atoms with van der Waals surface area (Å²) in [6.07, 6.45) is -0.414. The first-order valence-electron chi connectivity index (χ1n) is 6.71. The summed E-state index contributed by atoms with van der Waals surface area (Å²) in [7, 11) is 1.67. The van der Waals surface area contributed by atoms with Crippen LogP contribution in [0.3, 0.4) is 0 Å². The number of amides is 2. The Labute approximate surface area is 123 Å². The van der Waals surface area contributed by atoms with E-state index in [1.807, 2.05) is 20.8 Å². The maximum atomic E-state index is 12.1. The molecule has 0 bridgehead atoms. The summed E-state index contributed by atoms with van der Waals surface area (Å²) < 4.78 is 10.9. The Balaban J connectivity index is 2.19. The molecule has 21 heavy (non-hydrogen) atoms. The number of carbonyl (C=O) groups is 2. The largest absolute Gasteiger partial charge is 0.491 e. The van der Waals surface area contributed by atoms with E-state index in [0.717, 1.165) is 5.56 Å². The molecular weight excluding hydrogens is 272 g/mol. The number of hydrogen-bond acceptors (Lipinski definition) is 4. The van der Waals surface area contributed by atoms with Gasteiger partial charge >= 0.3 is 6.09 Å². The van der Waals surface area contributed by atoms with Crippen LogP contribution >= 0.6 is 0 Å². The zero-order valence-corrected chi connectivity index (χ0v) is 12.7. The van der Waals surface area contributed by atoms with Crippen LogP contribution in [0.5, 0.6) is 5.75 Å². The topological polar surface area (TPSA) is 81.9 Å². The third kappa shape index (κ3) is 3.26. The van der Waals surface area contributed by atoms with Gasteiger partial charge in [0.25, 0.3) is 0 Å². The van der Waals surface area contributed by atoms with Gasteiger partial charge < -0.3 is 20.1 Å². The molecule has 0 aromatic heterocycles. The van der Waals surface area contributed by atoms with Crippen molar-refractivity contribution in [2.24, 2.45) is 5.73 Å². The summed E-state index contributed by atoms with van der Waals surface area (Å²) in [6, 6.07) is 4.75. The van der Waals surface area contributed by atoms with E-state index in [0.29, 0.717) is 17.9 Å². The second-order valence-corrected chi connectivity index (χ2v) is 6.03. The quantitative estimate of drug-likeness (QED) is 0.904. The monoisotopic (exact) mass is 292 g/mol. The molecule has 6 heteroatoms. The first-order chi connectivity index (χ1) is 9.69. The molecule has 2 amide bonds. The average Bonchev–Trinajstić information content (AvgIpc) is 2.78. The number of primary amides is 1. The van der Waals surface area contributed by atoms with Gasteiger partial charge in [0.2, 0.25) is 5.91 Å². The van der Waals surface area contributed by atoms with Crippen molar-refractivity contribution in [3.8, 4) is 5.75 Å². The molecule has 0 fully saturated rings. The number of fused-ring (bicyclic) bond motifs is 1. The number of benzene rings is 1. The summed E-state index contributed by atoms with van der Waals surface area (Å²) in [5.41, 5.74) is 5.91. The third-order valence-electron chi connectivity index (χ3n) is 3.20. The molecule has 0 saturated heterocycles. The van der Waals surface area contributed by atoms with Crippen LogP contribution in [-0.2, 0) is 4.74 Å².